The second-order valence-electron chi connectivity index (χ2n) is 14.3. The Balaban J connectivity index is 0.000000210. The summed E-state index contributed by atoms with van der Waals surface area (Å²) in [4.78, 5) is 25.1. The fourth-order valence-electron chi connectivity index (χ4n) is 6.92. The lowest BCUT2D eigenvalue weighted by Gasteiger charge is -2.36. The summed E-state index contributed by atoms with van der Waals surface area (Å²) in [5.74, 6) is 1.43. The molecule has 6 unspecified atom stereocenters. The Hall–Kier alpha value is -4.71. The number of rotatable bonds is 12. The summed E-state index contributed by atoms with van der Waals surface area (Å²) in [6.45, 7) is 5.03. The van der Waals surface area contributed by atoms with Crippen LogP contribution in [0.15, 0.2) is 109 Å². The summed E-state index contributed by atoms with van der Waals surface area (Å²) in [6.07, 6.45) is 5.25. The van der Waals surface area contributed by atoms with E-state index >= 15 is 0 Å². The number of aliphatic hydroxyl groups excluding tert-OH is 1. The zero-order valence-corrected chi connectivity index (χ0v) is 32.0. The van der Waals surface area contributed by atoms with Crippen molar-refractivity contribution < 1.29 is 36.8 Å². The molecule has 288 valence electrons. The van der Waals surface area contributed by atoms with E-state index < -0.39 is 22.3 Å². The van der Waals surface area contributed by atoms with Gasteiger partial charge in [0.05, 0.1) is 30.5 Å². The third-order valence-corrected chi connectivity index (χ3v) is 10.6. The summed E-state index contributed by atoms with van der Waals surface area (Å²) in [7, 11) is -3.58. The van der Waals surface area contributed by atoms with Gasteiger partial charge in [-0.3, -0.25) is 13.8 Å². The number of carbonyl (C=O) groups excluding carboxylic acids is 2. The van der Waals surface area contributed by atoms with Crippen molar-refractivity contribution in [2.24, 2.45) is 11.8 Å². The van der Waals surface area contributed by atoms with Gasteiger partial charge in [-0.25, -0.2) is 0 Å². The molecule has 6 rings (SSSR count). The summed E-state index contributed by atoms with van der Waals surface area (Å²) in [5, 5.41) is 16.1. The Bertz CT molecular complexity index is 1860. The van der Waals surface area contributed by atoms with Crippen LogP contribution >= 0.6 is 0 Å². The van der Waals surface area contributed by atoms with E-state index in [1.54, 1.807) is 48.5 Å². The van der Waals surface area contributed by atoms with Crippen molar-refractivity contribution in [2.75, 3.05) is 6.26 Å². The molecule has 0 bridgehead atoms. The van der Waals surface area contributed by atoms with Gasteiger partial charge >= 0.3 is 0 Å². The molecule has 2 saturated carbocycles. The largest absolute Gasteiger partial charge is 0.489 e. The minimum Gasteiger partial charge on any atom is -0.489 e. The standard InChI is InChI=1S/C22H27NO5S.C21H25NO3/c1-16-7-6-10-20(28-29(2,25)26)21(16)23-22(24)18-11-13-19(14-12-18)27-15-17-8-4-3-5-9-17;1-15-6-5-9-19(23)20(15)22-21(24)17-10-12-18(13-11-17)25-14-16-7-3-2-4-8-16/h3-5,8-9,11-14,16,20-21H,6-7,10,15H2,1-2H3,(H,23,24);2-4,7-8,10-13,15,19-20,23H,5-6,9,14H2,1H3,(H,22,24). The van der Waals surface area contributed by atoms with E-state index in [1.165, 1.54) is 0 Å². The van der Waals surface area contributed by atoms with Gasteiger partial charge in [0.15, 0.2) is 0 Å². The molecule has 4 aromatic carbocycles. The maximum absolute atomic E-state index is 12.7. The fourth-order valence-corrected chi connectivity index (χ4v) is 7.58. The summed E-state index contributed by atoms with van der Waals surface area (Å²) < 4.78 is 39.8. The van der Waals surface area contributed by atoms with Crippen LogP contribution in [0, 0.1) is 11.8 Å². The van der Waals surface area contributed by atoms with Crippen LogP contribution in [0.4, 0.5) is 0 Å². The first-order chi connectivity index (χ1) is 25.9. The predicted molar refractivity (Wildman–Crippen MR) is 209 cm³/mol. The number of benzene rings is 4. The highest BCUT2D eigenvalue weighted by Gasteiger charge is 2.35. The molecule has 4 aromatic rings. The molecule has 0 aliphatic heterocycles. The van der Waals surface area contributed by atoms with Crippen LogP contribution in [0.2, 0.25) is 0 Å². The van der Waals surface area contributed by atoms with Crippen LogP contribution in [0.25, 0.3) is 0 Å². The molecule has 0 spiro atoms. The van der Waals surface area contributed by atoms with Crippen molar-refractivity contribution in [3.05, 3.63) is 131 Å². The molecule has 2 fully saturated rings. The minimum atomic E-state index is -3.58. The zero-order valence-electron chi connectivity index (χ0n) is 31.2. The van der Waals surface area contributed by atoms with Crippen molar-refractivity contribution >= 4 is 21.9 Å². The topological polar surface area (TPSA) is 140 Å². The Kier molecular flexibility index (Phi) is 14.7. The first-order valence-electron chi connectivity index (χ1n) is 18.7. The number of aliphatic hydroxyl groups is 1. The SMILES string of the molecule is CC1CCCC(O)C1NC(=O)c1ccc(OCc2ccccc2)cc1.CC1CCCC(OS(C)(=O)=O)C1NC(=O)c1ccc(OCc2ccccc2)cc1. The number of ether oxygens (including phenoxy) is 2. The summed E-state index contributed by atoms with van der Waals surface area (Å²) in [6, 6.07) is 33.3. The quantitative estimate of drug-likeness (QED) is 0.131. The Morgan fingerprint density at radius 2 is 1.06 bits per heavy atom. The summed E-state index contributed by atoms with van der Waals surface area (Å²) >= 11 is 0. The van der Waals surface area contributed by atoms with E-state index in [-0.39, 0.29) is 29.8 Å². The Morgan fingerprint density at radius 1 is 0.630 bits per heavy atom. The molecule has 2 aliphatic rings. The molecule has 0 heterocycles. The maximum atomic E-state index is 12.7. The van der Waals surface area contributed by atoms with Gasteiger partial charge in [0.25, 0.3) is 21.9 Å². The van der Waals surface area contributed by atoms with Crippen LogP contribution in [-0.2, 0) is 27.5 Å². The van der Waals surface area contributed by atoms with Crippen molar-refractivity contribution in [3.8, 4) is 11.5 Å². The van der Waals surface area contributed by atoms with Crippen molar-refractivity contribution in [1.29, 1.82) is 0 Å². The first kappa shape index (κ1) is 40.5. The number of hydrogen-bond acceptors (Lipinski definition) is 8. The van der Waals surface area contributed by atoms with Crippen molar-refractivity contribution in [1.82, 2.24) is 10.6 Å². The van der Waals surface area contributed by atoms with Gasteiger partial charge < -0.3 is 25.2 Å². The number of carbonyl (C=O) groups is 2. The van der Waals surface area contributed by atoms with Crippen molar-refractivity contribution in [3.63, 3.8) is 0 Å². The Morgan fingerprint density at radius 3 is 1.50 bits per heavy atom. The fraction of sp³-hybridized carbons (Fsp3) is 0.395. The summed E-state index contributed by atoms with van der Waals surface area (Å²) in [5.41, 5.74) is 3.24. The molecular weight excluding hydrogens is 705 g/mol. The normalized spacial score (nSPS) is 22.5. The molecule has 6 atom stereocenters. The van der Waals surface area contributed by atoms with Gasteiger partial charge in [-0.05, 0) is 97.2 Å². The van der Waals surface area contributed by atoms with E-state index in [1.807, 2.05) is 67.6 Å². The Labute approximate surface area is 319 Å². The lowest BCUT2D eigenvalue weighted by atomic mass is 9.83. The molecular formula is C43H52N2O8S. The van der Waals surface area contributed by atoms with Crippen molar-refractivity contribution in [2.45, 2.75) is 89.9 Å². The zero-order chi connectivity index (χ0) is 38.5. The van der Waals surface area contributed by atoms with Crippen LogP contribution in [-0.4, -0.2) is 55.9 Å². The molecule has 11 heteroatoms. The van der Waals surface area contributed by atoms with Gasteiger partial charge in [-0.15, -0.1) is 0 Å². The second-order valence-corrected chi connectivity index (χ2v) is 15.9. The molecule has 2 amide bonds. The van der Waals surface area contributed by atoms with Crippen LogP contribution in [0.3, 0.4) is 0 Å². The van der Waals surface area contributed by atoms with E-state index in [9.17, 15) is 23.1 Å². The highest BCUT2D eigenvalue weighted by atomic mass is 32.2. The molecule has 0 radical (unpaired) electrons. The van der Waals surface area contributed by atoms with Gasteiger partial charge in [0.1, 0.15) is 24.7 Å². The maximum Gasteiger partial charge on any atom is 0.264 e. The molecule has 0 aromatic heterocycles. The van der Waals surface area contributed by atoms with Crippen LogP contribution < -0.4 is 20.1 Å². The molecule has 10 nitrogen and oxygen atoms in total. The lowest BCUT2D eigenvalue weighted by molar-refractivity contribution is 0.0544. The molecule has 3 N–H and O–H groups in total. The van der Waals surface area contributed by atoms with E-state index in [0.29, 0.717) is 42.4 Å². The first-order valence-corrected chi connectivity index (χ1v) is 20.5. The number of hydrogen-bond donors (Lipinski definition) is 3. The van der Waals surface area contributed by atoms with Gasteiger partial charge in [-0.1, -0.05) is 87.4 Å². The minimum absolute atomic E-state index is 0.132. The predicted octanol–water partition coefficient (Wildman–Crippen LogP) is 7.07. The van der Waals surface area contributed by atoms with E-state index in [2.05, 4.69) is 17.6 Å². The molecule has 2 aliphatic carbocycles. The van der Waals surface area contributed by atoms with E-state index in [0.717, 1.165) is 55.2 Å². The third kappa shape index (κ3) is 12.4. The van der Waals surface area contributed by atoms with Gasteiger partial charge in [0, 0.05) is 11.1 Å². The van der Waals surface area contributed by atoms with Gasteiger partial charge in [0.2, 0.25) is 0 Å². The monoisotopic (exact) mass is 756 g/mol. The van der Waals surface area contributed by atoms with Crippen LogP contribution in [0.1, 0.15) is 84.2 Å². The lowest BCUT2D eigenvalue weighted by Crippen LogP contribution is -2.51. The highest BCUT2D eigenvalue weighted by Crippen LogP contribution is 2.28. The second kappa shape index (κ2) is 19.6. The smallest absolute Gasteiger partial charge is 0.264 e. The van der Waals surface area contributed by atoms with E-state index in [4.69, 9.17) is 13.7 Å². The third-order valence-electron chi connectivity index (χ3n) is 9.97. The van der Waals surface area contributed by atoms with Crippen LogP contribution in [0.5, 0.6) is 11.5 Å². The average molecular weight is 757 g/mol. The average Bonchev–Trinajstić information content (AvgIpc) is 3.17. The molecule has 54 heavy (non-hydrogen) atoms. The highest BCUT2D eigenvalue weighted by molar-refractivity contribution is 7.86. The number of amides is 2. The number of nitrogens with one attached hydrogen (secondary N) is 2. The van der Waals surface area contributed by atoms with Gasteiger partial charge in [-0.2, -0.15) is 8.42 Å². The molecule has 0 saturated heterocycles.